The Morgan fingerprint density at radius 1 is 0.427 bits per heavy atom. The van der Waals surface area contributed by atoms with Crippen molar-refractivity contribution in [2.24, 2.45) is 69.5 Å². The summed E-state index contributed by atoms with van der Waals surface area (Å²) in [6, 6.07) is 3.37. The first-order valence-corrected chi connectivity index (χ1v) is 45.4. The molecule has 0 aromatic carbocycles. The predicted molar refractivity (Wildman–Crippen MR) is 451 cm³/mol. The van der Waals surface area contributed by atoms with E-state index in [-0.39, 0.29) is 184 Å². The normalized spacial score (nSPS) is 29.8. The molecule has 6 bridgehead atoms. The molecule has 15 rings (SSSR count). The van der Waals surface area contributed by atoms with Gasteiger partial charge in [-0.1, -0.05) is 159 Å². The number of hydrogen-bond donors (Lipinski definition) is 0. The van der Waals surface area contributed by atoms with Gasteiger partial charge in [0.1, 0.15) is 48.0 Å². The number of hydrogen-bond acceptors (Lipinski definition) is 21. The van der Waals surface area contributed by atoms with Crippen molar-refractivity contribution in [3.05, 3.63) is 77.1 Å². The molecule has 6 aliphatic heterocycles. The van der Waals surface area contributed by atoms with Crippen molar-refractivity contribution in [2.45, 2.75) is 331 Å². The third kappa shape index (κ3) is 22.8. The summed E-state index contributed by atoms with van der Waals surface area (Å²) in [5, 5.41) is 8.48. The molecular weight excluding hydrogens is 1690 g/mol. The van der Waals surface area contributed by atoms with Crippen molar-refractivity contribution in [1.82, 2.24) is 57.8 Å². The smallest absolute Gasteiger partial charge is 0.354 e. The Kier molecular flexibility index (Phi) is 34.8. The van der Waals surface area contributed by atoms with Crippen molar-refractivity contribution in [3.63, 3.8) is 0 Å². The monoisotopic (exact) mass is 1820 g/mol. The fraction of sp³-hybridized carbons (Fsp3) is 0.710. The third-order valence-electron chi connectivity index (χ3n) is 27.9. The Bertz CT molecular complexity index is 4510. The molecule has 3 saturated heterocycles. The van der Waals surface area contributed by atoms with E-state index in [9.17, 15) is 47.9 Å². The van der Waals surface area contributed by atoms with Crippen LogP contribution in [0.2, 0.25) is 0 Å². The van der Waals surface area contributed by atoms with Gasteiger partial charge in [-0.2, -0.15) is 19.7 Å². The standard InChI is InChI=1S/C32H44N3O5.C31H43N4O5.C30H42N5O6.3V/c1-5-23-25(20-36)35-19-28(23)39-27-17-29-33-14-15-34(29)18-22(27)11-8-6-7-10-21-12-9-13-26(21)40-30(37)16-24(31(35)38)32(2,3)4;1-5-21-24(19-36)34-17-26(21)39-27-18-35-28(14-15-32-35)33-23(27)12-8-6-7-10-20-11-9-13-25(20)40-29(37)16-22(30(34)38)31(2,3)4;1-5-20-22(18-36)34-17-24(20)41-28-32-25-13-14-31-35(25)29(39)33(28)15-8-6-7-10-19-11-9-12-23(19)40-26(37)16-21(27(34)38)30(2,3)4;;;/h14-15,17-18,21,23-26,28H,5-13,16,19H2,1-4H3;14-15,18,20-22,24-26H,5-13,16-17H2,1-4H3;13-14,19-24H,5-12,15-17H2,1-4H3;;;/q3*-1;;;/t21-,23+,24-,25-,26-,28+;20-,21+,22-,24-,25-,26+;19-,20+,21-,22-,23-,24+;;;/m111.../s1. The maximum absolute atomic E-state index is 14.1. The minimum atomic E-state index is -0.835. The van der Waals surface area contributed by atoms with Crippen LogP contribution in [-0.2, 0) is 132 Å². The number of imidazole rings is 1. The van der Waals surface area contributed by atoms with Crippen LogP contribution in [0.25, 0.3) is 16.9 Å². The first kappa shape index (κ1) is 98.8. The number of ether oxygens (including phenoxy) is 6. The Morgan fingerprint density at radius 2 is 0.847 bits per heavy atom. The average molecular weight is 1820 g/mol. The van der Waals surface area contributed by atoms with Crippen LogP contribution in [0.15, 0.2) is 60.2 Å². The Labute approximate surface area is 765 Å². The largest absolute Gasteiger partial charge is 0.540 e. The second kappa shape index (κ2) is 43.6. The van der Waals surface area contributed by atoms with Gasteiger partial charge in [-0.3, -0.25) is 28.8 Å². The number of carbonyl (C=O) groups excluding carboxylic acids is 9. The zero-order valence-corrected chi connectivity index (χ0v) is 78.9. The van der Waals surface area contributed by atoms with Crippen LogP contribution in [0.5, 0.6) is 17.5 Å². The van der Waals surface area contributed by atoms with E-state index >= 15 is 0 Å². The fourth-order valence-corrected chi connectivity index (χ4v) is 20.8. The van der Waals surface area contributed by atoms with Gasteiger partial charge >= 0.3 is 29.6 Å². The Morgan fingerprint density at radius 3 is 1.30 bits per heavy atom. The van der Waals surface area contributed by atoms with Crippen LogP contribution in [0.3, 0.4) is 0 Å². The van der Waals surface area contributed by atoms with E-state index < -0.39 is 64.3 Å². The van der Waals surface area contributed by atoms with Crippen LogP contribution >= 0.6 is 0 Å². The van der Waals surface area contributed by atoms with Gasteiger partial charge in [0.2, 0.25) is 17.7 Å². The molecule has 124 heavy (non-hydrogen) atoms. The second-order valence-electron chi connectivity index (χ2n) is 38.9. The van der Waals surface area contributed by atoms with Gasteiger partial charge in [0.25, 0.3) is 0 Å². The van der Waals surface area contributed by atoms with Crippen LogP contribution < -0.4 is 19.9 Å². The zero-order chi connectivity index (χ0) is 86.2. The van der Waals surface area contributed by atoms with E-state index in [0.717, 1.165) is 176 Å². The van der Waals surface area contributed by atoms with Crippen molar-refractivity contribution in [2.75, 3.05) is 19.6 Å². The topological polar surface area (TPSA) is 318 Å². The summed E-state index contributed by atoms with van der Waals surface area (Å²) in [5.74, 6) is -1.91. The Hall–Kier alpha value is -7.36. The molecule has 6 aromatic heterocycles. The van der Waals surface area contributed by atoms with Gasteiger partial charge in [0.15, 0.2) is 17.0 Å². The third-order valence-corrected chi connectivity index (χ3v) is 27.9. The number of carbonyl (C=O) groups is 6. The molecule has 3 radical (unpaired) electrons. The van der Waals surface area contributed by atoms with Gasteiger partial charge in [-0.15, -0.1) is 0 Å². The van der Waals surface area contributed by atoms with Crippen LogP contribution in [-0.4, -0.2) is 187 Å². The molecule has 3 saturated carbocycles. The summed E-state index contributed by atoms with van der Waals surface area (Å²) >= 11 is 0. The quantitative estimate of drug-likeness (QED) is 0.0849. The van der Waals surface area contributed by atoms with E-state index in [1.165, 1.54) is 20.2 Å². The number of aryl methyl sites for hydroxylation is 2. The minimum absolute atomic E-state index is 0. The van der Waals surface area contributed by atoms with Crippen molar-refractivity contribution >= 4 is 71.4 Å². The number of nitrogens with zero attached hydrogens (tertiary/aromatic N) is 12. The van der Waals surface area contributed by atoms with E-state index in [4.69, 9.17) is 33.4 Å². The maximum atomic E-state index is 14.1. The van der Waals surface area contributed by atoms with Crippen LogP contribution in [0, 0.1) is 69.5 Å². The van der Waals surface area contributed by atoms with E-state index in [2.05, 4.69) is 45.2 Å². The number of amides is 3. The number of pyridine rings is 1. The summed E-state index contributed by atoms with van der Waals surface area (Å²) in [6.07, 6.45) is 40.0. The van der Waals surface area contributed by atoms with Crippen LogP contribution in [0.4, 0.5) is 0 Å². The summed E-state index contributed by atoms with van der Waals surface area (Å²) < 4.78 is 44.2. The van der Waals surface area contributed by atoms with E-state index in [1.54, 1.807) is 32.8 Å². The number of aromatic nitrogens is 9. The van der Waals surface area contributed by atoms with Crippen molar-refractivity contribution in [3.8, 4) is 17.5 Å². The Balaban J connectivity index is 0.000000192. The number of fused-ring (bicyclic) bond motifs is 15. The first-order chi connectivity index (χ1) is 58.0. The summed E-state index contributed by atoms with van der Waals surface area (Å²) in [6.45, 7) is 24.6. The molecular formula is C93H129N12O16V3-3. The van der Waals surface area contributed by atoms with E-state index in [1.807, 2.05) is 112 Å². The summed E-state index contributed by atoms with van der Waals surface area (Å²) in [5.41, 5.74) is 2.06. The molecule has 675 valence electrons. The number of rotatable bonds is 6. The maximum Gasteiger partial charge on any atom is 0.354 e. The minimum Gasteiger partial charge on any atom is -0.540 e. The summed E-state index contributed by atoms with van der Waals surface area (Å²) in [4.78, 5) is 151. The molecule has 3 amide bonds. The molecule has 6 aromatic rings. The SMILES string of the molecule is CC[C@@H]1[C@@H]2CN(C(=O)[C@H](C(C)(C)C)CC(=O)O[C@@H]3CCC[C@H]3CCCCCc3cn4ccnc4cc3O2)[C@@H]1[C-]=O.CC[C@@H]1[C@@H]2CN(C(=O)[C@H](C(C)(C)C)CC(=O)O[C@@H]3CCC[C@H]3CCCCCc3nc4ccnn4cc3O2)[C@@H]1[C-]=O.CC[C@@H]1[C@@H]2CN(C(=O)[C@H](C(C)(C)C)CC(=O)O[C@@H]3CCC[C@H]3CCCCCn3c(nc4ccnn4c3=O)O2)[C@@H]1[C-]=O.[V].[V].[V]. The number of esters is 3. The molecule has 3 aliphatic carbocycles. The molecule has 0 N–H and O–H groups in total. The molecule has 9 aliphatic rings. The molecule has 18 atom stereocenters. The van der Waals surface area contributed by atoms with Gasteiger partial charge in [-0.05, 0) is 161 Å². The zero-order valence-electron chi connectivity index (χ0n) is 74.7. The molecule has 12 heterocycles. The average Bonchev–Trinajstić information content (AvgIpc) is 1.63. The van der Waals surface area contributed by atoms with Gasteiger partial charge in [0, 0.05) is 105 Å². The van der Waals surface area contributed by atoms with Gasteiger partial charge in [-0.25, -0.2) is 42.7 Å². The molecule has 31 heteroatoms. The molecule has 0 unspecified atom stereocenters. The molecule has 6 fully saturated rings. The van der Waals surface area contributed by atoms with Gasteiger partial charge < -0.3 is 61.9 Å². The fourth-order valence-electron chi connectivity index (χ4n) is 20.8. The van der Waals surface area contributed by atoms with Crippen molar-refractivity contribution < 1.29 is 127 Å². The second-order valence-corrected chi connectivity index (χ2v) is 38.9. The first-order valence-electron chi connectivity index (χ1n) is 45.4. The predicted octanol–water partition coefficient (Wildman–Crippen LogP) is 13.3. The molecule has 0 spiro atoms. The van der Waals surface area contributed by atoms with Crippen LogP contribution in [0.1, 0.15) is 268 Å². The molecule has 28 nitrogen and oxygen atoms in total. The summed E-state index contributed by atoms with van der Waals surface area (Å²) in [7, 11) is 0. The van der Waals surface area contributed by atoms with Gasteiger partial charge in [0.05, 0.1) is 80.9 Å². The van der Waals surface area contributed by atoms with E-state index in [0.29, 0.717) is 55.0 Å². The van der Waals surface area contributed by atoms with Crippen molar-refractivity contribution in [1.29, 1.82) is 0 Å².